The molecule has 0 aromatic heterocycles. The van der Waals surface area contributed by atoms with Crippen molar-refractivity contribution in [2.45, 2.75) is 25.3 Å². The van der Waals surface area contributed by atoms with Crippen LogP contribution in [0.5, 0.6) is 0 Å². The van der Waals surface area contributed by atoms with Gasteiger partial charge >= 0.3 is 12.1 Å². The molecule has 0 atom stereocenters. The Hall–Kier alpha value is -3.17. The first-order valence-electron chi connectivity index (χ1n) is 10.8. The normalized spacial score (nSPS) is 12.5. The summed E-state index contributed by atoms with van der Waals surface area (Å²) in [5.74, 6) is -1.91. The van der Waals surface area contributed by atoms with Crippen LogP contribution in [0.3, 0.4) is 0 Å². The third kappa shape index (κ3) is 5.11. The number of carboxylic acids is 1. The number of anilines is 1. The highest BCUT2D eigenvalue weighted by Crippen LogP contribution is 2.44. The van der Waals surface area contributed by atoms with Crippen molar-refractivity contribution >= 4 is 55.5 Å². The summed E-state index contributed by atoms with van der Waals surface area (Å²) in [6, 6.07) is 19.0. The van der Waals surface area contributed by atoms with Crippen LogP contribution < -0.4 is 10.6 Å². The molecule has 0 heterocycles. The number of amides is 2. The number of carbonyl (C=O) groups excluding carboxylic acids is 2. The Bertz CT molecular complexity index is 1290. The molecule has 0 saturated carbocycles. The topological polar surface area (TPSA) is 105 Å². The molecule has 3 aromatic carbocycles. The lowest BCUT2D eigenvalue weighted by Gasteiger charge is -2.26. The average Bonchev–Trinajstić information content (AvgIpc) is 3.12. The molecule has 0 radical (unpaired) electrons. The predicted octanol–water partition coefficient (Wildman–Crippen LogP) is 6.17. The fourth-order valence-electron chi connectivity index (χ4n) is 4.09. The molecular weight excluding hydrogens is 580 g/mol. The standard InChI is InChI=1S/C26H22Br2N2O5/c1-26(2,24(33)29-22-19(23(31)32)11-14(27)12-21(22)28)30-25(34)35-13-20-17-9-5-3-7-15(17)16-8-4-6-10-18(16)20/h3-12,20H,13H2,1-2H3,(H,29,33)(H,30,34)(H,31,32). The molecule has 3 aromatic rings. The van der Waals surface area contributed by atoms with E-state index in [1.54, 1.807) is 6.07 Å². The minimum Gasteiger partial charge on any atom is -0.478 e. The van der Waals surface area contributed by atoms with E-state index in [2.05, 4.69) is 42.5 Å². The van der Waals surface area contributed by atoms with Crippen LogP contribution in [0.4, 0.5) is 10.5 Å². The number of alkyl carbamates (subject to hydrolysis) is 1. The van der Waals surface area contributed by atoms with Gasteiger partial charge in [0.05, 0.1) is 11.3 Å². The van der Waals surface area contributed by atoms with Gasteiger partial charge in [-0.05, 0) is 64.2 Å². The van der Waals surface area contributed by atoms with Crippen molar-refractivity contribution in [3.05, 3.63) is 86.3 Å². The van der Waals surface area contributed by atoms with Crippen molar-refractivity contribution in [3.63, 3.8) is 0 Å². The second-order valence-corrected chi connectivity index (χ2v) is 10.4. The molecular formula is C26H22Br2N2O5. The van der Waals surface area contributed by atoms with Crippen LogP contribution in [0.2, 0.25) is 0 Å². The third-order valence-electron chi connectivity index (χ3n) is 5.85. The van der Waals surface area contributed by atoms with E-state index in [0.717, 1.165) is 22.3 Å². The maximum absolute atomic E-state index is 13.0. The first-order chi connectivity index (χ1) is 16.6. The summed E-state index contributed by atoms with van der Waals surface area (Å²) in [6.45, 7) is 3.13. The zero-order chi connectivity index (χ0) is 25.3. The van der Waals surface area contributed by atoms with E-state index in [4.69, 9.17) is 4.74 Å². The molecule has 7 nitrogen and oxygen atoms in total. The van der Waals surface area contributed by atoms with Gasteiger partial charge in [-0.15, -0.1) is 0 Å². The van der Waals surface area contributed by atoms with E-state index in [0.29, 0.717) is 8.95 Å². The van der Waals surface area contributed by atoms with Crippen molar-refractivity contribution in [1.82, 2.24) is 5.32 Å². The van der Waals surface area contributed by atoms with E-state index in [9.17, 15) is 19.5 Å². The smallest absolute Gasteiger partial charge is 0.408 e. The van der Waals surface area contributed by atoms with Gasteiger partial charge in [0.25, 0.3) is 0 Å². The van der Waals surface area contributed by atoms with Crippen LogP contribution in [-0.2, 0) is 9.53 Å². The van der Waals surface area contributed by atoms with E-state index in [1.807, 2.05) is 48.5 Å². The van der Waals surface area contributed by atoms with Gasteiger partial charge in [-0.25, -0.2) is 9.59 Å². The molecule has 0 unspecified atom stereocenters. The summed E-state index contributed by atoms with van der Waals surface area (Å²) in [5.41, 5.74) is 3.01. The van der Waals surface area contributed by atoms with Gasteiger partial charge in [-0.3, -0.25) is 4.79 Å². The first-order valence-corrected chi connectivity index (χ1v) is 12.3. The number of hydrogen-bond donors (Lipinski definition) is 3. The number of benzene rings is 3. The SMILES string of the molecule is CC(C)(NC(=O)OCC1c2ccccc2-c2ccccc21)C(=O)Nc1c(Br)cc(Br)cc1C(=O)O. The van der Waals surface area contributed by atoms with Crippen LogP contribution in [0.15, 0.2) is 69.6 Å². The molecule has 0 aliphatic heterocycles. The van der Waals surface area contributed by atoms with Gasteiger partial charge in [0.1, 0.15) is 12.1 Å². The van der Waals surface area contributed by atoms with Crippen molar-refractivity contribution in [2.24, 2.45) is 0 Å². The maximum Gasteiger partial charge on any atom is 0.408 e. The molecule has 0 spiro atoms. The number of halogens is 2. The summed E-state index contributed by atoms with van der Waals surface area (Å²) in [4.78, 5) is 37.3. The largest absolute Gasteiger partial charge is 0.478 e. The molecule has 35 heavy (non-hydrogen) atoms. The number of carboxylic acid groups (broad SMARTS) is 1. The number of rotatable bonds is 6. The fourth-order valence-corrected chi connectivity index (χ4v) is 5.41. The van der Waals surface area contributed by atoms with Crippen molar-refractivity contribution in [3.8, 4) is 11.1 Å². The number of hydrogen-bond acceptors (Lipinski definition) is 4. The monoisotopic (exact) mass is 600 g/mol. The summed E-state index contributed by atoms with van der Waals surface area (Å²) in [5, 5.41) is 14.7. The van der Waals surface area contributed by atoms with Crippen LogP contribution in [0.25, 0.3) is 11.1 Å². The van der Waals surface area contributed by atoms with Crippen molar-refractivity contribution in [1.29, 1.82) is 0 Å². The quantitative estimate of drug-likeness (QED) is 0.314. The van der Waals surface area contributed by atoms with E-state index < -0.39 is 23.5 Å². The number of aromatic carboxylic acids is 1. The molecule has 0 fully saturated rings. The van der Waals surface area contributed by atoms with Gasteiger partial charge < -0.3 is 20.5 Å². The number of nitrogens with one attached hydrogen (secondary N) is 2. The van der Waals surface area contributed by atoms with Gasteiger partial charge in [0.2, 0.25) is 5.91 Å². The second-order valence-electron chi connectivity index (χ2n) is 8.64. The minimum absolute atomic E-state index is 0.0908. The number of ether oxygens (including phenoxy) is 1. The van der Waals surface area contributed by atoms with Gasteiger partial charge in [-0.2, -0.15) is 0 Å². The number of carbonyl (C=O) groups is 3. The Morgan fingerprint density at radius 1 is 0.971 bits per heavy atom. The molecule has 0 saturated heterocycles. The lowest BCUT2D eigenvalue weighted by Crippen LogP contribution is -2.52. The summed E-state index contributed by atoms with van der Waals surface area (Å²) < 4.78 is 6.46. The fraction of sp³-hybridized carbons (Fsp3) is 0.192. The highest BCUT2D eigenvalue weighted by Gasteiger charge is 2.33. The third-order valence-corrected chi connectivity index (χ3v) is 6.93. The molecule has 1 aliphatic carbocycles. The predicted molar refractivity (Wildman–Crippen MR) is 140 cm³/mol. The molecule has 4 rings (SSSR count). The number of fused-ring (bicyclic) bond motifs is 3. The van der Waals surface area contributed by atoms with Gasteiger partial charge in [0, 0.05) is 14.9 Å². The van der Waals surface area contributed by atoms with E-state index in [-0.39, 0.29) is 23.8 Å². The van der Waals surface area contributed by atoms with Gasteiger partial charge in [0.15, 0.2) is 0 Å². The van der Waals surface area contributed by atoms with Crippen LogP contribution in [0, 0.1) is 0 Å². The Morgan fingerprint density at radius 2 is 1.54 bits per heavy atom. The van der Waals surface area contributed by atoms with E-state index >= 15 is 0 Å². The Morgan fingerprint density at radius 3 is 2.11 bits per heavy atom. The molecule has 1 aliphatic rings. The molecule has 2 amide bonds. The minimum atomic E-state index is -1.38. The van der Waals surface area contributed by atoms with Crippen molar-refractivity contribution in [2.75, 3.05) is 11.9 Å². The summed E-state index contributed by atoms with van der Waals surface area (Å²) in [6.07, 6.45) is -0.750. The highest BCUT2D eigenvalue weighted by molar-refractivity contribution is 9.11. The summed E-state index contributed by atoms with van der Waals surface area (Å²) in [7, 11) is 0. The van der Waals surface area contributed by atoms with Crippen LogP contribution >= 0.6 is 31.9 Å². The highest BCUT2D eigenvalue weighted by atomic mass is 79.9. The first kappa shape index (κ1) is 24.9. The maximum atomic E-state index is 13.0. The van der Waals surface area contributed by atoms with Crippen LogP contribution in [-0.4, -0.2) is 35.2 Å². The molecule has 0 bridgehead atoms. The Balaban J connectivity index is 1.44. The molecule has 3 N–H and O–H groups in total. The van der Waals surface area contributed by atoms with Crippen molar-refractivity contribution < 1.29 is 24.2 Å². The molecule has 9 heteroatoms. The van der Waals surface area contributed by atoms with Crippen LogP contribution in [0.1, 0.15) is 41.3 Å². The lowest BCUT2D eigenvalue weighted by molar-refractivity contribution is -0.121. The average molecular weight is 602 g/mol. The molecule has 180 valence electrons. The zero-order valence-electron chi connectivity index (χ0n) is 18.9. The lowest BCUT2D eigenvalue weighted by atomic mass is 9.98. The Kier molecular flexibility index (Phi) is 7.00. The summed E-state index contributed by atoms with van der Waals surface area (Å²) >= 11 is 6.52. The zero-order valence-corrected chi connectivity index (χ0v) is 22.1. The second kappa shape index (κ2) is 9.83. The Labute approximate surface area is 219 Å². The van der Waals surface area contributed by atoms with Gasteiger partial charge in [-0.1, -0.05) is 64.5 Å². The van der Waals surface area contributed by atoms with E-state index in [1.165, 1.54) is 19.9 Å².